The number of carbonyl (C=O) groups excluding carboxylic acids is 1. The van der Waals surface area contributed by atoms with Gasteiger partial charge in [-0.1, -0.05) is 0 Å². The lowest BCUT2D eigenvalue weighted by Gasteiger charge is -2.23. The Morgan fingerprint density at radius 1 is 1.38 bits per heavy atom. The van der Waals surface area contributed by atoms with Gasteiger partial charge in [-0.2, -0.15) is 0 Å². The van der Waals surface area contributed by atoms with E-state index in [4.69, 9.17) is 4.42 Å². The van der Waals surface area contributed by atoms with Crippen molar-refractivity contribution in [3.8, 4) is 0 Å². The molecule has 0 saturated carbocycles. The molecule has 1 aliphatic rings. The van der Waals surface area contributed by atoms with Crippen molar-refractivity contribution in [1.82, 2.24) is 9.88 Å². The van der Waals surface area contributed by atoms with Crippen LogP contribution in [0.2, 0.25) is 0 Å². The maximum absolute atomic E-state index is 14.4. The van der Waals surface area contributed by atoms with Gasteiger partial charge in [0.05, 0.1) is 36.4 Å². The minimum Gasteiger partial charge on any atom is -0.448 e. The van der Waals surface area contributed by atoms with Crippen molar-refractivity contribution < 1.29 is 28.9 Å². The molecular weight excluding hydrogens is 496 g/mol. The van der Waals surface area contributed by atoms with Crippen LogP contribution in [0.3, 0.4) is 0 Å². The van der Waals surface area contributed by atoms with Gasteiger partial charge >= 0.3 is 0 Å². The molecule has 1 aliphatic heterocycles. The summed E-state index contributed by atoms with van der Waals surface area (Å²) in [4.78, 5) is 18.4. The van der Waals surface area contributed by atoms with Crippen molar-refractivity contribution in [3.63, 3.8) is 0 Å². The molecule has 4 N–H and O–H groups in total. The maximum atomic E-state index is 14.4. The summed E-state index contributed by atoms with van der Waals surface area (Å²) in [6.45, 7) is -0.696. The zero-order valence-corrected chi connectivity index (χ0v) is 17.1. The number of carbonyl (C=O) groups is 1. The van der Waals surface area contributed by atoms with Crippen LogP contribution in [0.25, 0.3) is 11.0 Å². The quantitative estimate of drug-likeness (QED) is 0.394. The third-order valence-corrected chi connectivity index (χ3v) is 5.57. The fourth-order valence-corrected chi connectivity index (χ4v) is 3.85. The second-order valence-corrected chi connectivity index (χ2v) is 7.94. The number of hydrogen-bond acceptors (Lipinski definition) is 7. The van der Waals surface area contributed by atoms with Crippen LogP contribution in [0.5, 0.6) is 0 Å². The monoisotopic (exact) mass is 513 g/mol. The number of benzene rings is 1. The van der Waals surface area contributed by atoms with E-state index in [0.29, 0.717) is 14.5 Å². The van der Waals surface area contributed by atoms with E-state index < -0.39 is 36.6 Å². The Balaban J connectivity index is 1.78. The van der Waals surface area contributed by atoms with Gasteiger partial charge in [-0.3, -0.25) is 9.78 Å². The molecule has 3 atom stereocenters. The van der Waals surface area contributed by atoms with E-state index in [1.165, 1.54) is 18.5 Å². The average Bonchev–Trinajstić information content (AvgIpc) is 3.21. The summed E-state index contributed by atoms with van der Waals surface area (Å²) in [5, 5.41) is 32.9. The molecule has 3 heterocycles. The van der Waals surface area contributed by atoms with Gasteiger partial charge in [0.25, 0.3) is 5.91 Å². The van der Waals surface area contributed by atoms with Crippen LogP contribution in [0, 0.1) is 9.39 Å². The highest BCUT2D eigenvalue weighted by Gasteiger charge is 2.43. The number of amides is 1. The largest absolute Gasteiger partial charge is 0.448 e. The molecule has 0 radical (unpaired) electrons. The molecule has 3 aromatic rings. The minimum atomic E-state index is -1.28. The van der Waals surface area contributed by atoms with Gasteiger partial charge in [0.2, 0.25) is 5.76 Å². The highest BCUT2D eigenvalue weighted by Crippen LogP contribution is 2.35. The second-order valence-electron chi connectivity index (χ2n) is 6.69. The third kappa shape index (κ3) is 3.56. The van der Waals surface area contributed by atoms with Crippen LogP contribution in [0.4, 0.5) is 15.8 Å². The summed E-state index contributed by atoms with van der Waals surface area (Å²) in [6, 6.07) is 5.19. The molecule has 4 rings (SSSR count). The molecule has 0 spiro atoms. The first kappa shape index (κ1) is 20.0. The Labute approximate surface area is 178 Å². The van der Waals surface area contributed by atoms with E-state index in [1.54, 1.807) is 18.2 Å². The lowest BCUT2D eigenvalue weighted by Crippen LogP contribution is -2.42. The number of aromatic nitrogens is 1. The minimum absolute atomic E-state index is 0.134. The number of β-amino-alcohol motifs (C(OH)–C–C–N with tert-alkyl or cyclic N) is 1. The predicted octanol–water partition coefficient (Wildman–Crippen LogP) is 1.85. The van der Waals surface area contributed by atoms with Crippen molar-refractivity contribution in [2.75, 3.05) is 18.5 Å². The molecule has 2 aromatic heterocycles. The lowest BCUT2D eigenvalue weighted by atomic mass is 10.1. The first-order chi connectivity index (χ1) is 13.9. The van der Waals surface area contributed by atoms with Gasteiger partial charge in [0.15, 0.2) is 0 Å². The van der Waals surface area contributed by atoms with E-state index in [0.717, 1.165) is 4.90 Å². The second kappa shape index (κ2) is 7.86. The SMILES string of the molecule is O=C(c1oc2ccncc2c1Nc1ccc(I)cc1F)N1C[C@H](O)[C@@H](O)[C@H]1CO. The summed E-state index contributed by atoms with van der Waals surface area (Å²) in [5.41, 5.74) is 0.717. The molecule has 29 heavy (non-hydrogen) atoms. The Morgan fingerprint density at radius 2 is 2.17 bits per heavy atom. The summed E-state index contributed by atoms with van der Waals surface area (Å²) in [6.07, 6.45) is 0.516. The molecule has 8 nitrogen and oxygen atoms in total. The topological polar surface area (TPSA) is 119 Å². The number of rotatable bonds is 4. The number of nitrogens with zero attached hydrogens (tertiary/aromatic N) is 2. The Kier molecular flexibility index (Phi) is 5.42. The lowest BCUT2D eigenvalue weighted by molar-refractivity contribution is 0.0207. The van der Waals surface area contributed by atoms with Crippen molar-refractivity contribution in [2.45, 2.75) is 18.2 Å². The van der Waals surface area contributed by atoms with Crippen LogP contribution in [-0.4, -0.2) is 62.5 Å². The first-order valence-electron chi connectivity index (χ1n) is 8.77. The summed E-state index contributed by atoms with van der Waals surface area (Å²) in [7, 11) is 0. The van der Waals surface area contributed by atoms with Crippen LogP contribution in [0.1, 0.15) is 10.6 Å². The zero-order valence-electron chi connectivity index (χ0n) is 14.9. The Hall–Kier alpha value is -2.28. The van der Waals surface area contributed by atoms with Crippen LogP contribution < -0.4 is 5.32 Å². The average molecular weight is 513 g/mol. The number of likely N-dealkylation sites (tertiary alicyclic amines) is 1. The van der Waals surface area contributed by atoms with Crippen molar-refractivity contribution in [1.29, 1.82) is 0 Å². The summed E-state index contributed by atoms with van der Waals surface area (Å²) in [5.74, 6) is -1.29. The summed E-state index contributed by atoms with van der Waals surface area (Å²) >= 11 is 1.99. The highest BCUT2D eigenvalue weighted by atomic mass is 127. The molecule has 1 saturated heterocycles. The molecule has 0 aliphatic carbocycles. The van der Waals surface area contributed by atoms with E-state index in [9.17, 15) is 24.5 Å². The predicted molar refractivity (Wildman–Crippen MR) is 110 cm³/mol. The molecule has 152 valence electrons. The maximum Gasteiger partial charge on any atom is 0.292 e. The van der Waals surface area contributed by atoms with E-state index >= 15 is 0 Å². The number of aliphatic hydroxyl groups excluding tert-OH is 3. The van der Waals surface area contributed by atoms with E-state index in [2.05, 4.69) is 10.3 Å². The molecule has 0 unspecified atom stereocenters. The third-order valence-electron chi connectivity index (χ3n) is 4.89. The molecule has 0 bridgehead atoms. The van der Waals surface area contributed by atoms with Crippen molar-refractivity contribution >= 4 is 50.8 Å². The fourth-order valence-electron chi connectivity index (χ4n) is 3.40. The van der Waals surface area contributed by atoms with Crippen LogP contribution in [-0.2, 0) is 0 Å². The van der Waals surface area contributed by atoms with Crippen LogP contribution in [0.15, 0.2) is 41.1 Å². The number of nitrogens with one attached hydrogen (secondary N) is 1. The molecule has 1 aromatic carbocycles. The first-order valence-corrected chi connectivity index (χ1v) is 9.85. The summed E-state index contributed by atoms with van der Waals surface area (Å²) < 4.78 is 20.8. The van der Waals surface area contributed by atoms with Gasteiger partial charge in [-0.15, -0.1) is 0 Å². The fraction of sp³-hybridized carbons (Fsp3) is 0.263. The highest BCUT2D eigenvalue weighted by molar-refractivity contribution is 14.1. The number of pyridine rings is 1. The van der Waals surface area contributed by atoms with E-state index in [1.807, 2.05) is 22.6 Å². The molecule has 1 fully saturated rings. The van der Waals surface area contributed by atoms with Gasteiger partial charge < -0.3 is 30.0 Å². The number of fused-ring (bicyclic) bond motifs is 1. The Morgan fingerprint density at radius 3 is 2.90 bits per heavy atom. The van der Waals surface area contributed by atoms with Gasteiger partial charge in [-0.25, -0.2) is 4.39 Å². The molecular formula is C19H17FIN3O5. The normalized spacial score (nSPS) is 21.7. The molecule has 1 amide bonds. The van der Waals surface area contributed by atoms with Gasteiger partial charge in [0.1, 0.15) is 23.2 Å². The number of furan rings is 1. The van der Waals surface area contributed by atoms with Crippen LogP contribution >= 0.6 is 22.6 Å². The van der Waals surface area contributed by atoms with E-state index in [-0.39, 0.29) is 23.7 Å². The smallest absolute Gasteiger partial charge is 0.292 e. The van der Waals surface area contributed by atoms with Crippen molar-refractivity contribution in [2.24, 2.45) is 0 Å². The van der Waals surface area contributed by atoms with Crippen molar-refractivity contribution in [3.05, 3.63) is 51.8 Å². The number of anilines is 2. The zero-order chi connectivity index (χ0) is 20.7. The molecule has 10 heteroatoms. The number of aliphatic hydroxyl groups is 3. The number of halogens is 2. The number of hydrogen-bond donors (Lipinski definition) is 4. The van der Waals surface area contributed by atoms with Gasteiger partial charge in [0, 0.05) is 16.0 Å². The Bertz CT molecular complexity index is 1080. The van der Waals surface area contributed by atoms with Gasteiger partial charge in [-0.05, 0) is 46.9 Å². The standard InChI is InChI=1S/C19H17FIN3O5/c20-11-5-9(21)1-2-12(11)23-16-10-6-22-4-3-15(10)29-18(16)19(28)24-7-14(26)17(27)13(24)8-25/h1-6,13-14,17,23,25-27H,7-8H2/t13-,14+,17+/m1/s1.